The van der Waals surface area contributed by atoms with Crippen molar-refractivity contribution in [1.82, 2.24) is 0 Å². The molecule has 78 valence electrons. The lowest BCUT2D eigenvalue weighted by Gasteiger charge is -2.06. The summed E-state index contributed by atoms with van der Waals surface area (Å²) < 4.78 is 0. The summed E-state index contributed by atoms with van der Waals surface area (Å²) >= 11 is 7.80. The van der Waals surface area contributed by atoms with Gasteiger partial charge in [0.25, 0.3) is 0 Å². The van der Waals surface area contributed by atoms with Gasteiger partial charge in [-0.2, -0.15) is 0 Å². The Bertz CT molecular complexity index is 268. The van der Waals surface area contributed by atoms with Gasteiger partial charge in [0, 0.05) is 10.6 Å². The van der Waals surface area contributed by atoms with E-state index in [0.717, 1.165) is 21.4 Å². The average molecular weight is 230 g/mol. The lowest BCUT2D eigenvalue weighted by Crippen LogP contribution is -1.90. The van der Waals surface area contributed by atoms with Crippen molar-refractivity contribution in [3.8, 4) is 0 Å². The van der Waals surface area contributed by atoms with Gasteiger partial charge in [0.15, 0.2) is 0 Å². The fraction of sp³-hybridized carbons (Fsp3) is 0.455. The second-order valence-electron chi connectivity index (χ2n) is 3.21. The standard InChI is InChI=1S/C11H16ClNS/c1-2-3-4-8-14-11-9(12)6-5-7-10(11)13/h5-7H,2-4,8,13H2,1H3. The number of hydrogen-bond acceptors (Lipinski definition) is 2. The van der Waals surface area contributed by atoms with Gasteiger partial charge in [-0.05, 0) is 24.3 Å². The monoisotopic (exact) mass is 229 g/mol. The molecule has 0 atom stereocenters. The Labute approximate surface area is 95.0 Å². The van der Waals surface area contributed by atoms with Crippen molar-refractivity contribution in [3.05, 3.63) is 23.2 Å². The SMILES string of the molecule is CCCCCSc1c(N)cccc1Cl. The van der Waals surface area contributed by atoms with Gasteiger partial charge in [0.05, 0.1) is 5.02 Å². The molecule has 1 nitrogen and oxygen atoms in total. The molecular weight excluding hydrogens is 214 g/mol. The molecule has 0 bridgehead atoms. The zero-order valence-corrected chi connectivity index (χ0v) is 10.00. The minimum absolute atomic E-state index is 0.770. The van der Waals surface area contributed by atoms with E-state index in [4.69, 9.17) is 17.3 Å². The fourth-order valence-electron chi connectivity index (χ4n) is 1.20. The molecule has 0 saturated carbocycles. The predicted molar refractivity (Wildman–Crippen MR) is 66.1 cm³/mol. The van der Waals surface area contributed by atoms with Gasteiger partial charge in [-0.3, -0.25) is 0 Å². The van der Waals surface area contributed by atoms with Crippen LogP contribution in [0, 0.1) is 0 Å². The molecule has 0 saturated heterocycles. The molecule has 1 aromatic rings. The van der Waals surface area contributed by atoms with Crippen LogP contribution in [0.3, 0.4) is 0 Å². The highest BCUT2D eigenvalue weighted by Gasteiger charge is 2.03. The maximum Gasteiger partial charge on any atom is 0.0562 e. The van der Waals surface area contributed by atoms with Crippen molar-refractivity contribution in [3.63, 3.8) is 0 Å². The molecule has 0 aliphatic rings. The van der Waals surface area contributed by atoms with E-state index < -0.39 is 0 Å². The van der Waals surface area contributed by atoms with Crippen molar-refractivity contribution in [1.29, 1.82) is 0 Å². The lowest BCUT2D eigenvalue weighted by atomic mass is 10.3. The van der Waals surface area contributed by atoms with E-state index in [1.54, 1.807) is 11.8 Å². The van der Waals surface area contributed by atoms with Crippen molar-refractivity contribution >= 4 is 29.1 Å². The minimum atomic E-state index is 0.770. The Kier molecular flexibility index (Phi) is 5.20. The molecule has 3 heteroatoms. The predicted octanol–water partition coefficient (Wildman–Crippen LogP) is 4.20. The summed E-state index contributed by atoms with van der Waals surface area (Å²) in [6.45, 7) is 2.20. The van der Waals surface area contributed by atoms with Gasteiger partial charge in [-0.25, -0.2) is 0 Å². The van der Waals surface area contributed by atoms with Crippen molar-refractivity contribution in [2.75, 3.05) is 11.5 Å². The first kappa shape index (κ1) is 11.7. The Morgan fingerprint density at radius 2 is 2.14 bits per heavy atom. The molecule has 0 aliphatic carbocycles. The fourth-order valence-corrected chi connectivity index (χ4v) is 2.54. The zero-order valence-electron chi connectivity index (χ0n) is 8.42. The van der Waals surface area contributed by atoms with Gasteiger partial charge < -0.3 is 5.73 Å². The number of rotatable bonds is 5. The van der Waals surface area contributed by atoms with Crippen LogP contribution in [0.15, 0.2) is 23.1 Å². The summed E-state index contributed by atoms with van der Waals surface area (Å²) in [5.41, 5.74) is 6.62. The third kappa shape index (κ3) is 3.43. The van der Waals surface area contributed by atoms with Crippen molar-refractivity contribution in [2.45, 2.75) is 31.1 Å². The normalized spacial score (nSPS) is 10.4. The Hall–Kier alpha value is -0.340. The highest BCUT2D eigenvalue weighted by molar-refractivity contribution is 7.99. The van der Waals surface area contributed by atoms with Crippen LogP contribution in [0.1, 0.15) is 26.2 Å². The summed E-state index contributed by atoms with van der Waals surface area (Å²) in [5.74, 6) is 1.10. The quantitative estimate of drug-likeness (QED) is 0.465. The van der Waals surface area contributed by atoms with Crippen LogP contribution in [0.4, 0.5) is 5.69 Å². The molecule has 0 fully saturated rings. The molecule has 14 heavy (non-hydrogen) atoms. The molecule has 0 heterocycles. The molecule has 1 rings (SSSR count). The van der Waals surface area contributed by atoms with Crippen LogP contribution >= 0.6 is 23.4 Å². The first-order valence-corrected chi connectivity index (χ1v) is 6.29. The zero-order chi connectivity index (χ0) is 10.4. The van der Waals surface area contributed by atoms with Gasteiger partial charge >= 0.3 is 0 Å². The van der Waals surface area contributed by atoms with E-state index in [0.29, 0.717) is 0 Å². The molecular formula is C11H16ClNS. The summed E-state index contributed by atoms with van der Waals surface area (Å²) in [6, 6.07) is 5.67. The second kappa shape index (κ2) is 6.20. The van der Waals surface area contributed by atoms with E-state index in [1.165, 1.54) is 19.3 Å². The Balaban J connectivity index is 2.49. The molecule has 0 amide bonds. The first-order valence-electron chi connectivity index (χ1n) is 4.92. The third-order valence-corrected chi connectivity index (χ3v) is 3.66. The summed E-state index contributed by atoms with van der Waals surface area (Å²) in [5, 5.41) is 0.770. The Morgan fingerprint density at radius 1 is 1.36 bits per heavy atom. The number of nitrogen functional groups attached to an aromatic ring is 1. The van der Waals surface area contributed by atoms with Crippen molar-refractivity contribution < 1.29 is 0 Å². The number of nitrogens with two attached hydrogens (primary N) is 1. The molecule has 1 aromatic carbocycles. The molecule has 0 unspecified atom stereocenters. The van der Waals surface area contributed by atoms with Gasteiger partial charge in [0.2, 0.25) is 0 Å². The second-order valence-corrected chi connectivity index (χ2v) is 4.73. The van der Waals surface area contributed by atoms with Crippen LogP contribution in [-0.2, 0) is 0 Å². The summed E-state index contributed by atoms with van der Waals surface area (Å²) in [4.78, 5) is 1.03. The molecule has 0 aromatic heterocycles. The third-order valence-electron chi connectivity index (χ3n) is 1.99. The summed E-state index contributed by atoms with van der Waals surface area (Å²) in [7, 11) is 0. The van der Waals surface area contributed by atoms with Crippen molar-refractivity contribution in [2.24, 2.45) is 0 Å². The van der Waals surface area contributed by atoms with E-state index >= 15 is 0 Å². The Morgan fingerprint density at radius 3 is 2.79 bits per heavy atom. The van der Waals surface area contributed by atoms with Gasteiger partial charge in [-0.15, -0.1) is 11.8 Å². The smallest absolute Gasteiger partial charge is 0.0562 e. The topological polar surface area (TPSA) is 26.0 Å². The molecule has 0 radical (unpaired) electrons. The number of anilines is 1. The summed E-state index contributed by atoms with van der Waals surface area (Å²) in [6.07, 6.45) is 3.75. The van der Waals surface area contributed by atoms with Crippen LogP contribution in [0.5, 0.6) is 0 Å². The minimum Gasteiger partial charge on any atom is -0.398 e. The highest BCUT2D eigenvalue weighted by atomic mass is 35.5. The lowest BCUT2D eigenvalue weighted by molar-refractivity contribution is 0.778. The first-order chi connectivity index (χ1) is 6.75. The number of thioether (sulfide) groups is 1. The van der Waals surface area contributed by atoms with Crippen LogP contribution in [-0.4, -0.2) is 5.75 Å². The maximum atomic E-state index is 6.04. The molecule has 0 aliphatic heterocycles. The highest BCUT2D eigenvalue weighted by Crippen LogP contribution is 2.32. The number of halogens is 1. The van der Waals surface area contributed by atoms with E-state index in [1.807, 2.05) is 18.2 Å². The number of hydrogen-bond donors (Lipinski definition) is 1. The molecule has 0 spiro atoms. The average Bonchev–Trinajstić information content (AvgIpc) is 2.16. The van der Waals surface area contributed by atoms with E-state index in [9.17, 15) is 0 Å². The van der Waals surface area contributed by atoms with Gasteiger partial charge in [-0.1, -0.05) is 37.4 Å². The van der Waals surface area contributed by atoms with E-state index in [-0.39, 0.29) is 0 Å². The maximum absolute atomic E-state index is 6.04. The van der Waals surface area contributed by atoms with Crippen LogP contribution in [0.2, 0.25) is 5.02 Å². The molecule has 2 N–H and O–H groups in total. The van der Waals surface area contributed by atoms with E-state index in [2.05, 4.69) is 6.92 Å². The number of benzene rings is 1. The van der Waals surface area contributed by atoms with Gasteiger partial charge in [0.1, 0.15) is 0 Å². The largest absolute Gasteiger partial charge is 0.398 e. The van der Waals surface area contributed by atoms with Crippen LogP contribution < -0.4 is 5.73 Å². The number of unbranched alkanes of at least 4 members (excludes halogenated alkanes) is 2. The van der Waals surface area contributed by atoms with Crippen LogP contribution in [0.25, 0.3) is 0 Å².